The zero-order valence-electron chi connectivity index (χ0n) is 11.1. The third kappa shape index (κ3) is 3.85. The Morgan fingerprint density at radius 3 is 2.86 bits per heavy atom. The predicted molar refractivity (Wildman–Crippen MR) is 76.6 cm³/mol. The molecule has 1 aromatic carbocycles. The summed E-state index contributed by atoms with van der Waals surface area (Å²) in [5.74, 6) is -1.43. The van der Waals surface area contributed by atoms with E-state index in [0.717, 1.165) is 0 Å². The second-order valence-corrected chi connectivity index (χ2v) is 4.99. The van der Waals surface area contributed by atoms with Crippen LogP contribution in [0.4, 0.5) is 10.5 Å². The van der Waals surface area contributed by atoms with E-state index in [1.165, 1.54) is 23.1 Å². The minimum atomic E-state index is -1.19. The van der Waals surface area contributed by atoms with Gasteiger partial charge in [0.25, 0.3) is 0 Å². The molecule has 3 N–H and O–H groups in total. The largest absolute Gasteiger partial charge is 0.478 e. The average Bonchev–Trinajstić information content (AvgIpc) is 2.65. The molecule has 1 aromatic rings. The first-order valence-corrected chi connectivity index (χ1v) is 6.70. The van der Waals surface area contributed by atoms with Gasteiger partial charge in [0, 0.05) is 18.1 Å². The first-order chi connectivity index (χ1) is 9.97. The maximum atomic E-state index is 12.1. The predicted octanol–water partition coefficient (Wildman–Crippen LogP) is 1.39. The van der Waals surface area contributed by atoms with Crippen LogP contribution in [-0.4, -0.2) is 47.5 Å². The molecule has 112 valence electrons. The summed E-state index contributed by atoms with van der Waals surface area (Å²) in [5.41, 5.74) is 0.0386. The topological polar surface area (TPSA) is 98.7 Å². The number of benzene rings is 1. The Morgan fingerprint density at radius 2 is 2.14 bits per heavy atom. The van der Waals surface area contributed by atoms with E-state index in [9.17, 15) is 14.4 Å². The SMILES string of the molecule is O=C1CN(C(=O)Nc2ccc(Cl)cc2C(=O)O)CCCN1. The van der Waals surface area contributed by atoms with Crippen LogP contribution < -0.4 is 10.6 Å². The van der Waals surface area contributed by atoms with Gasteiger partial charge in [0.05, 0.1) is 11.3 Å². The lowest BCUT2D eigenvalue weighted by Gasteiger charge is -2.20. The fourth-order valence-electron chi connectivity index (χ4n) is 1.98. The lowest BCUT2D eigenvalue weighted by atomic mass is 10.2. The van der Waals surface area contributed by atoms with Gasteiger partial charge in [0.2, 0.25) is 5.91 Å². The van der Waals surface area contributed by atoms with Gasteiger partial charge >= 0.3 is 12.0 Å². The van der Waals surface area contributed by atoms with Crippen LogP contribution in [0.25, 0.3) is 0 Å². The Balaban J connectivity index is 2.15. The van der Waals surface area contributed by atoms with Crippen LogP contribution in [0.15, 0.2) is 18.2 Å². The monoisotopic (exact) mass is 311 g/mol. The average molecular weight is 312 g/mol. The molecule has 1 fully saturated rings. The number of carbonyl (C=O) groups is 3. The highest BCUT2D eigenvalue weighted by Gasteiger charge is 2.21. The molecule has 8 heteroatoms. The summed E-state index contributed by atoms with van der Waals surface area (Å²) in [4.78, 5) is 36.0. The van der Waals surface area contributed by atoms with E-state index >= 15 is 0 Å². The number of hydrogen-bond donors (Lipinski definition) is 3. The summed E-state index contributed by atoms with van der Waals surface area (Å²) >= 11 is 5.75. The molecule has 3 amide bonds. The Bertz CT molecular complexity index is 591. The van der Waals surface area contributed by atoms with Gasteiger partial charge in [-0.25, -0.2) is 9.59 Å². The smallest absolute Gasteiger partial charge is 0.337 e. The first kappa shape index (κ1) is 15.1. The number of amides is 3. The van der Waals surface area contributed by atoms with Crippen LogP contribution in [0.5, 0.6) is 0 Å². The molecule has 0 bridgehead atoms. The second kappa shape index (κ2) is 6.45. The zero-order valence-corrected chi connectivity index (χ0v) is 11.8. The summed E-state index contributed by atoms with van der Waals surface area (Å²) < 4.78 is 0. The van der Waals surface area contributed by atoms with Crippen molar-refractivity contribution < 1.29 is 19.5 Å². The van der Waals surface area contributed by atoms with Gasteiger partial charge in [0.15, 0.2) is 0 Å². The minimum absolute atomic E-state index is 0.0537. The molecular formula is C13H14ClN3O4. The van der Waals surface area contributed by atoms with E-state index in [0.29, 0.717) is 19.5 Å². The van der Waals surface area contributed by atoms with Crippen molar-refractivity contribution in [1.29, 1.82) is 0 Å². The van der Waals surface area contributed by atoms with E-state index in [2.05, 4.69) is 10.6 Å². The highest BCUT2D eigenvalue weighted by atomic mass is 35.5. The van der Waals surface area contributed by atoms with Gasteiger partial charge in [0.1, 0.15) is 6.54 Å². The normalized spacial score (nSPS) is 15.1. The van der Waals surface area contributed by atoms with Crippen molar-refractivity contribution in [3.8, 4) is 0 Å². The summed E-state index contributed by atoms with van der Waals surface area (Å²) in [6.45, 7) is 0.881. The summed E-state index contributed by atoms with van der Waals surface area (Å²) in [6, 6.07) is 3.64. The fraction of sp³-hybridized carbons (Fsp3) is 0.308. The standard InChI is InChI=1S/C13H14ClN3O4/c14-8-2-3-10(9(6-8)12(19)20)16-13(21)17-5-1-4-15-11(18)7-17/h2-3,6H,1,4-5,7H2,(H,15,18)(H,16,21)(H,19,20). The van der Waals surface area contributed by atoms with E-state index < -0.39 is 12.0 Å². The molecule has 0 spiro atoms. The number of carboxylic acid groups (broad SMARTS) is 1. The number of nitrogens with zero attached hydrogens (tertiary/aromatic N) is 1. The Hall–Kier alpha value is -2.28. The molecule has 0 atom stereocenters. The van der Waals surface area contributed by atoms with Crippen LogP contribution in [-0.2, 0) is 4.79 Å². The molecule has 0 aliphatic carbocycles. The molecule has 0 aromatic heterocycles. The van der Waals surface area contributed by atoms with E-state index in [-0.39, 0.29) is 28.7 Å². The lowest BCUT2D eigenvalue weighted by molar-refractivity contribution is -0.120. The molecule has 21 heavy (non-hydrogen) atoms. The third-order valence-electron chi connectivity index (χ3n) is 3.00. The van der Waals surface area contributed by atoms with Crippen molar-refractivity contribution >= 4 is 35.2 Å². The van der Waals surface area contributed by atoms with Gasteiger partial charge in [-0.1, -0.05) is 11.6 Å². The number of urea groups is 1. The number of carboxylic acids is 1. The summed E-state index contributed by atoms with van der Waals surface area (Å²) in [6.07, 6.45) is 0.644. The van der Waals surface area contributed by atoms with Crippen LogP contribution >= 0.6 is 11.6 Å². The van der Waals surface area contributed by atoms with Crippen molar-refractivity contribution in [3.63, 3.8) is 0 Å². The molecule has 1 heterocycles. The Labute approximate surface area is 125 Å². The third-order valence-corrected chi connectivity index (χ3v) is 3.24. The Morgan fingerprint density at radius 1 is 1.38 bits per heavy atom. The number of carbonyl (C=O) groups excluding carboxylic acids is 2. The van der Waals surface area contributed by atoms with Gasteiger partial charge < -0.3 is 20.6 Å². The molecule has 0 radical (unpaired) electrons. The summed E-state index contributed by atoms with van der Waals surface area (Å²) in [7, 11) is 0. The minimum Gasteiger partial charge on any atom is -0.478 e. The van der Waals surface area contributed by atoms with Crippen molar-refractivity contribution in [2.45, 2.75) is 6.42 Å². The number of aromatic carboxylic acids is 1. The highest BCUT2D eigenvalue weighted by molar-refractivity contribution is 6.31. The quantitative estimate of drug-likeness (QED) is 0.768. The fourth-order valence-corrected chi connectivity index (χ4v) is 2.15. The number of halogens is 1. The number of anilines is 1. The first-order valence-electron chi connectivity index (χ1n) is 6.33. The maximum Gasteiger partial charge on any atom is 0.337 e. The molecule has 1 aliphatic rings. The van der Waals surface area contributed by atoms with Crippen LogP contribution in [0, 0.1) is 0 Å². The molecule has 2 rings (SSSR count). The van der Waals surface area contributed by atoms with Gasteiger partial charge in [-0.2, -0.15) is 0 Å². The summed E-state index contributed by atoms with van der Waals surface area (Å²) in [5, 5.41) is 14.5. The maximum absolute atomic E-state index is 12.1. The van der Waals surface area contributed by atoms with Crippen LogP contribution in [0.3, 0.4) is 0 Å². The van der Waals surface area contributed by atoms with E-state index in [4.69, 9.17) is 16.7 Å². The van der Waals surface area contributed by atoms with E-state index in [1.807, 2.05) is 0 Å². The van der Waals surface area contributed by atoms with Crippen LogP contribution in [0.2, 0.25) is 5.02 Å². The molecule has 0 saturated carbocycles. The van der Waals surface area contributed by atoms with Gasteiger partial charge in [-0.3, -0.25) is 4.79 Å². The molecule has 7 nitrogen and oxygen atoms in total. The molecule has 0 unspecified atom stereocenters. The van der Waals surface area contributed by atoms with Gasteiger partial charge in [-0.05, 0) is 24.6 Å². The Kier molecular flexibility index (Phi) is 4.64. The highest BCUT2D eigenvalue weighted by Crippen LogP contribution is 2.21. The lowest BCUT2D eigenvalue weighted by Crippen LogP contribution is -2.40. The van der Waals surface area contributed by atoms with E-state index in [1.54, 1.807) is 0 Å². The molecule has 1 aliphatic heterocycles. The number of hydrogen-bond acceptors (Lipinski definition) is 3. The molecule has 1 saturated heterocycles. The molecular weight excluding hydrogens is 298 g/mol. The second-order valence-electron chi connectivity index (χ2n) is 4.55. The van der Waals surface area contributed by atoms with Crippen molar-refractivity contribution in [2.75, 3.05) is 25.0 Å². The van der Waals surface area contributed by atoms with Crippen molar-refractivity contribution in [2.24, 2.45) is 0 Å². The van der Waals surface area contributed by atoms with Crippen molar-refractivity contribution in [3.05, 3.63) is 28.8 Å². The van der Waals surface area contributed by atoms with Crippen LogP contribution in [0.1, 0.15) is 16.8 Å². The zero-order chi connectivity index (χ0) is 15.4. The van der Waals surface area contributed by atoms with Gasteiger partial charge in [-0.15, -0.1) is 0 Å². The van der Waals surface area contributed by atoms with Crippen molar-refractivity contribution in [1.82, 2.24) is 10.2 Å². The number of nitrogens with one attached hydrogen (secondary N) is 2. The number of rotatable bonds is 2.